The Hall–Kier alpha value is -4.36. The first kappa shape index (κ1) is 25.3. The van der Waals surface area contributed by atoms with Gasteiger partial charge in [0.15, 0.2) is 6.61 Å². The van der Waals surface area contributed by atoms with Gasteiger partial charge in [-0.15, -0.1) is 0 Å². The second-order valence-corrected chi connectivity index (χ2v) is 9.19. The van der Waals surface area contributed by atoms with Gasteiger partial charge >= 0.3 is 0 Å². The number of hydrogen-bond donors (Lipinski definition) is 1. The van der Waals surface area contributed by atoms with Crippen LogP contribution in [0.3, 0.4) is 0 Å². The number of carbonyl (C=O) groups excluding carboxylic acids is 1. The summed E-state index contributed by atoms with van der Waals surface area (Å²) in [7, 11) is -2.52. The Morgan fingerprint density at radius 2 is 1.66 bits per heavy atom. The summed E-state index contributed by atoms with van der Waals surface area (Å²) in [6, 6.07) is 21.4. The number of aryl methyl sites for hydroxylation is 1. The number of nitriles is 1. The summed E-state index contributed by atoms with van der Waals surface area (Å²) < 4.78 is 38.1. The van der Waals surface area contributed by atoms with Gasteiger partial charge in [0, 0.05) is 0 Å². The number of amides is 1. The van der Waals surface area contributed by atoms with Crippen LogP contribution < -0.4 is 19.2 Å². The smallest absolute Gasteiger partial charge is 0.264 e. The van der Waals surface area contributed by atoms with E-state index in [1.165, 1.54) is 25.5 Å². The van der Waals surface area contributed by atoms with Gasteiger partial charge in [0.1, 0.15) is 24.1 Å². The van der Waals surface area contributed by atoms with E-state index in [2.05, 4.69) is 10.5 Å². The number of benzene rings is 3. The van der Waals surface area contributed by atoms with E-state index in [9.17, 15) is 13.2 Å². The molecule has 0 saturated heterocycles. The fraction of sp³-hybridized carbons (Fsp3) is 0.160. The van der Waals surface area contributed by atoms with E-state index >= 15 is 0 Å². The standard InChI is InChI=1S/C25H24N4O5S/c1-19-3-13-24(14-4-19)35(31,32)29(21-7-11-22(33-2)12-8-21)18-25(30)28-27-17-20-5-9-23(10-6-20)34-16-15-26/h3-14,17H,16,18H2,1-2H3,(H,28,30)/b27-17-. The van der Waals surface area contributed by atoms with Crippen molar-refractivity contribution >= 4 is 27.8 Å². The fourth-order valence-electron chi connectivity index (χ4n) is 3.01. The Bertz CT molecular complexity index is 1310. The highest BCUT2D eigenvalue weighted by molar-refractivity contribution is 7.92. The van der Waals surface area contributed by atoms with Crippen molar-refractivity contribution in [3.05, 3.63) is 83.9 Å². The molecule has 0 saturated carbocycles. The molecular formula is C25H24N4O5S. The van der Waals surface area contributed by atoms with E-state index in [1.807, 2.05) is 13.0 Å². The Labute approximate surface area is 204 Å². The topological polar surface area (TPSA) is 121 Å². The maximum atomic E-state index is 13.4. The van der Waals surface area contributed by atoms with Crippen molar-refractivity contribution in [1.82, 2.24) is 5.43 Å². The molecule has 0 unspecified atom stereocenters. The molecule has 3 rings (SSSR count). The Kier molecular flexibility index (Phi) is 8.43. The number of hydrogen-bond acceptors (Lipinski definition) is 7. The quantitative estimate of drug-likeness (QED) is 0.343. The average molecular weight is 493 g/mol. The van der Waals surface area contributed by atoms with E-state index in [4.69, 9.17) is 14.7 Å². The molecule has 10 heteroatoms. The number of nitrogens with zero attached hydrogens (tertiary/aromatic N) is 3. The van der Waals surface area contributed by atoms with Gasteiger partial charge in [-0.3, -0.25) is 9.10 Å². The Balaban J connectivity index is 1.76. The number of methoxy groups -OCH3 is 1. The van der Waals surface area contributed by atoms with Crippen LogP contribution >= 0.6 is 0 Å². The number of carbonyl (C=O) groups is 1. The minimum absolute atomic E-state index is 0.0559. The maximum Gasteiger partial charge on any atom is 0.264 e. The molecule has 1 N–H and O–H groups in total. The molecule has 180 valence electrons. The largest absolute Gasteiger partial charge is 0.497 e. The van der Waals surface area contributed by atoms with Crippen molar-refractivity contribution in [3.63, 3.8) is 0 Å². The van der Waals surface area contributed by atoms with Crippen LogP contribution in [-0.2, 0) is 14.8 Å². The number of nitrogens with one attached hydrogen (secondary N) is 1. The molecule has 9 nitrogen and oxygen atoms in total. The van der Waals surface area contributed by atoms with Crippen molar-refractivity contribution in [2.45, 2.75) is 11.8 Å². The summed E-state index contributed by atoms with van der Waals surface area (Å²) >= 11 is 0. The lowest BCUT2D eigenvalue weighted by Gasteiger charge is -2.24. The highest BCUT2D eigenvalue weighted by Crippen LogP contribution is 2.26. The van der Waals surface area contributed by atoms with Crippen molar-refractivity contribution in [2.24, 2.45) is 5.10 Å². The summed E-state index contributed by atoms with van der Waals surface area (Å²) in [5, 5.41) is 12.5. The maximum absolute atomic E-state index is 13.4. The lowest BCUT2D eigenvalue weighted by molar-refractivity contribution is -0.119. The minimum atomic E-state index is -4.03. The second-order valence-electron chi connectivity index (χ2n) is 7.33. The number of sulfonamides is 1. The van der Waals surface area contributed by atoms with Gasteiger partial charge in [0.2, 0.25) is 0 Å². The predicted molar refractivity (Wildman–Crippen MR) is 132 cm³/mol. The molecule has 0 spiro atoms. The zero-order valence-electron chi connectivity index (χ0n) is 19.2. The normalized spacial score (nSPS) is 11.0. The number of anilines is 1. The molecule has 0 aliphatic rings. The van der Waals surface area contributed by atoms with E-state index in [1.54, 1.807) is 60.7 Å². The summed E-state index contributed by atoms with van der Waals surface area (Å²) in [5.41, 5.74) is 4.25. The summed E-state index contributed by atoms with van der Waals surface area (Å²) in [5.74, 6) is 0.463. The highest BCUT2D eigenvalue weighted by Gasteiger charge is 2.27. The molecule has 0 atom stereocenters. The third-order valence-electron chi connectivity index (χ3n) is 4.84. The molecule has 35 heavy (non-hydrogen) atoms. The van der Waals surface area contributed by atoms with E-state index in [0.29, 0.717) is 22.7 Å². The van der Waals surface area contributed by atoms with Gasteiger partial charge in [-0.1, -0.05) is 17.7 Å². The van der Waals surface area contributed by atoms with Crippen LogP contribution in [0.2, 0.25) is 0 Å². The first-order valence-electron chi connectivity index (χ1n) is 10.5. The Morgan fingerprint density at radius 3 is 2.26 bits per heavy atom. The van der Waals surface area contributed by atoms with Gasteiger partial charge in [0.05, 0.1) is 23.9 Å². The van der Waals surface area contributed by atoms with Crippen LogP contribution in [-0.4, -0.2) is 40.8 Å². The lowest BCUT2D eigenvalue weighted by Crippen LogP contribution is -2.39. The van der Waals surface area contributed by atoms with Crippen LogP contribution in [0, 0.1) is 18.3 Å². The molecule has 0 aliphatic carbocycles. The van der Waals surface area contributed by atoms with Crippen molar-refractivity contribution in [1.29, 1.82) is 5.26 Å². The molecule has 1 amide bonds. The van der Waals surface area contributed by atoms with Gasteiger partial charge in [-0.05, 0) is 73.2 Å². The number of hydrazone groups is 1. The molecule has 3 aromatic rings. The first-order chi connectivity index (χ1) is 16.8. The van der Waals surface area contributed by atoms with Crippen LogP contribution in [0.15, 0.2) is 82.8 Å². The molecule has 0 fully saturated rings. The molecule has 0 aromatic heterocycles. The zero-order chi connectivity index (χ0) is 25.3. The predicted octanol–water partition coefficient (Wildman–Crippen LogP) is 3.25. The first-order valence-corrected chi connectivity index (χ1v) is 11.9. The summed E-state index contributed by atoms with van der Waals surface area (Å²) in [6.45, 7) is 1.32. The third kappa shape index (κ3) is 6.82. The highest BCUT2D eigenvalue weighted by atomic mass is 32.2. The third-order valence-corrected chi connectivity index (χ3v) is 6.63. The van der Waals surface area contributed by atoms with E-state index in [0.717, 1.165) is 9.87 Å². The van der Waals surface area contributed by atoms with Gasteiger partial charge in [-0.25, -0.2) is 13.8 Å². The molecule has 0 bridgehead atoms. The van der Waals surface area contributed by atoms with Crippen LogP contribution in [0.4, 0.5) is 5.69 Å². The molecule has 3 aromatic carbocycles. The number of rotatable bonds is 10. The molecule has 0 radical (unpaired) electrons. The average Bonchev–Trinajstić information content (AvgIpc) is 2.87. The molecule has 0 aliphatic heterocycles. The number of ether oxygens (including phenoxy) is 2. The van der Waals surface area contributed by atoms with Crippen LogP contribution in [0.1, 0.15) is 11.1 Å². The molecular weight excluding hydrogens is 468 g/mol. The zero-order valence-corrected chi connectivity index (χ0v) is 20.0. The van der Waals surface area contributed by atoms with Crippen LogP contribution in [0.5, 0.6) is 11.5 Å². The SMILES string of the molecule is COc1ccc(N(CC(=O)N/N=C\c2ccc(OCC#N)cc2)S(=O)(=O)c2ccc(C)cc2)cc1. The fourth-order valence-corrected chi connectivity index (χ4v) is 4.43. The lowest BCUT2D eigenvalue weighted by atomic mass is 10.2. The summed E-state index contributed by atoms with van der Waals surface area (Å²) in [6.07, 6.45) is 1.41. The van der Waals surface area contributed by atoms with Gasteiger partial charge in [0.25, 0.3) is 15.9 Å². The minimum Gasteiger partial charge on any atom is -0.497 e. The molecule has 0 heterocycles. The van der Waals surface area contributed by atoms with Gasteiger partial charge in [-0.2, -0.15) is 10.4 Å². The van der Waals surface area contributed by atoms with Crippen molar-refractivity contribution in [2.75, 3.05) is 24.6 Å². The summed E-state index contributed by atoms with van der Waals surface area (Å²) in [4.78, 5) is 12.7. The second kappa shape index (κ2) is 11.7. The monoisotopic (exact) mass is 492 g/mol. The van der Waals surface area contributed by atoms with E-state index < -0.39 is 22.5 Å². The van der Waals surface area contributed by atoms with Crippen molar-refractivity contribution in [3.8, 4) is 17.6 Å². The van der Waals surface area contributed by atoms with Gasteiger partial charge < -0.3 is 9.47 Å². The van der Waals surface area contributed by atoms with Crippen LogP contribution in [0.25, 0.3) is 0 Å². The van der Waals surface area contributed by atoms with E-state index in [-0.39, 0.29) is 11.5 Å². The Morgan fingerprint density at radius 1 is 1.03 bits per heavy atom. The van der Waals surface area contributed by atoms with Crippen molar-refractivity contribution < 1.29 is 22.7 Å².